The predicted octanol–water partition coefficient (Wildman–Crippen LogP) is 1.25. The van der Waals surface area contributed by atoms with Crippen LogP contribution in [-0.4, -0.2) is 29.5 Å². The molecule has 0 aliphatic heterocycles. The molecule has 19 heavy (non-hydrogen) atoms. The van der Waals surface area contributed by atoms with E-state index in [2.05, 4.69) is 25.0 Å². The molecular weight excluding hydrogens is 242 g/mol. The summed E-state index contributed by atoms with van der Waals surface area (Å²) in [5.41, 5.74) is 9.08. The number of hydrogen-bond donors (Lipinski definition) is 2. The Bertz CT molecular complexity index is 889. The first kappa shape index (κ1) is 10.0. The van der Waals surface area contributed by atoms with Crippen molar-refractivity contribution in [3.63, 3.8) is 0 Å². The fourth-order valence-electron chi connectivity index (χ4n) is 2.15. The second-order valence-corrected chi connectivity index (χ2v) is 4.13. The smallest absolute Gasteiger partial charge is 0.153 e. The van der Waals surface area contributed by atoms with Gasteiger partial charge in [0.2, 0.25) is 0 Å². The summed E-state index contributed by atoms with van der Waals surface area (Å²) in [5, 5.41) is 5.28. The average Bonchev–Trinajstić information content (AvgIpc) is 3.04. The molecule has 3 N–H and O–H groups in total. The lowest BCUT2D eigenvalue weighted by molar-refractivity contribution is 0.943. The highest BCUT2D eigenvalue weighted by Crippen LogP contribution is 2.29. The van der Waals surface area contributed by atoms with Crippen LogP contribution < -0.4 is 5.73 Å². The maximum Gasteiger partial charge on any atom is 0.153 e. The third kappa shape index (κ3) is 1.38. The Balaban J connectivity index is 2.03. The number of rotatable bonds is 1. The molecule has 7 nitrogen and oxygen atoms in total. The molecule has 0 spiro atoms. The summed E-state index contributed by atoms with van der Waals surface area (Å²) in [6.45, 7) is 0. The summed E-state index contributed by atoms with van der Waals surface area (Å²) in [5.74, 6) is 0.439. The predicted molar refractivity (Wildman–Crippen MR) is 70.3 cm³/mol. The molecule has 0 aliphatic rings. The van der Waals surface area contributed by atoms with E-state index in [1.165, 1.54) is 6.33 Å². The van der Waals surface area contributed by atoms with Gasteiger partial charge < -0.3 is 10.7 Å². The van der Waals surface area contributed by atoms with Crippen molar-refractivity contribution in [2.45, 2.75) is 0 Å². The number of anilines is 1. The molecule has 0 saturated carbocycles. The molecule has 4 aromatic heterocycles. The van der Waals surface area contributed by atoms with Crippen LogP contribution in [0.5, 0.6) is 0 Å². The molecule has 0 unspecified atom stereocenters. The van der Waals surface area contributed by atoms with E-state index in [1.54, 1.807) is 16.9 Å². The van der Waals surface area contributed by atoms with Gasteiger partial charge in [0.25, 0.3) is 0 Å². The highest BCUT2D eigenvalue weighted by molar-refractivity contribution is 5.99. The third-order valence-corrected chi connectivity index (χ3v) is 3.03. The summed E-state index contributed by atoms with van der Waals surface area (Å²) in [7, 11) is 0. The molecule has 0 amide bonds. The van der Waals surface area contributed by atoms with Gasteiger partial charge in [-0.15, -0.1) is 0 Å². The minimum Gasteiger partial charge on any atom is -0.383 e. The van der Waals surface area contributed by atoms with Crippen molar-refractivity contribution in [1.82, 2.24) is 29.5 Å². The Morgan fingerprint density at radius 1 is 1.16 bits per heavy atom. The van der Waals surface area contributed by atoms with Crippen molar-refractivity contribution in [3.05, 3.63) is 37.1 Å². The summed E-state index contributed by atoms with van der Waals surface area (Å²) in [6, 6.07) is 3.80. The van der Waals surface area contributed by atoms with Crippen LogP contribution in [0, 0.1) is 0 Å². The number of nitrogens with one attached hydrogen (secondary N) is 1. The van der Waals surface area contributed by atoms with Crippen molar-refractivity contribution in [3.8, 4) is 11.3 Å². The second-order valence-electron chi connectivity index (χ2n) is 4.13. The SMILES string of the molecule is Nc1ncnc2[nH]cc(-c3ccc4nccn4n3)c12. The number of fused-ring (bicyclic) bond motifs is 2. The van der Waals surface area contributed by atoms with E-state index in [1.807, 2.05) is 18.3 Å². The van der Waals surface area contributed by atoms with Gasteiger partial charge in [0.15, 0.2) is 5.65 Å². The molecule has 0 radical (unpaired) electrons. The monoisotopic (exact) mass is 251 g/mol. The summed E-state index contributed by atoms with van der Waals surface area (Å²) in [4.78, 5) is 15.4. The number of aromatic amines is 1. The van der Waals surface area contributed by atoms with Crippen LogP contribution in [0.25, 0.3) is 27.9 Å². The van der Waals surface area contributed by atoms with Crippen LogP contribution >= 0.6 is 0 Å². The number of nitrogens with zero attached hydrogens (tertiary/aromatic N) is 5. The van der Waals surface area contributed by atoms with Crippen molar-refractivity contribution in [2.75, 3.05) is 5.73 Å². The first-order valence-electron chi connectivity index (χ1n) is 5.71. The zero-order valence-corrected chi connectivity index (χ0v) is 9.78. The van der Waals surface area contributed by atoms with Crippen molar-refractivity contribution in [1.29, 1.82) is 0 Å². The van der Waals surface area contributed by atoms with Crippen molar-refractivity contribution in [2.24, 2.45) is 0 Å². The van der Waals surface area contributed by atoms with Crippen LogP contribution in [0.4, 0.5) is 5.82 Å². The minimum atomic E-state index is 0.439. The molecule has 0 aliphatic carbocycles. The van der Waals surface area contributed by atoms with Crippen LogP contribution in [-0.2, 0) is 0 Å². The maximum absolute atomic E-state index is 5.91. The Morgan fingerprint density at radius 3 is 3.05 bits per heavy atom. The van der Waals surface area contributed by atoms with Gasteiger partial charge in [0.05, 0.1) is 11.1 Å². The van der Waals surface area contributed by atoms with Crippen LogP contribution in [0.2, 0.25) is 0 Å². The topological polar surface area (TPSA) is 97.8 Å². The number of H-pyrrole nitrogens is 1. The Morgan fingerprint density at radius 2 is 2.11 bits per heavy atom. The largest absolute Gasteiger partial charge is 0.383 e. The van der Waals surface area contributed by atoms with E-state index >= 15 is 0 Å². The molecule has 4 heterocycles. The van der Waals surface area contributed by atoms with Gasteiger partial charge in [-0.25, -0.2) is 19.5 Å². The molecule has 92 valence electrons. The lowest BCUT2D eigenvalue weighted by Crippen LogP contribution is -1.95. The van der Waals surface area contributed by atoms with E-state index < -0.39 is 0 Å². The standard InChI is InChI=1S/C12H9N7/c13-11-10-7(5-15-12(10)17-6-16-11)8-1-2-9-14-3-4-19(9)18-8/h1-6H,(H3,13,15,16,17). The number of nitrogens with two attached hydrogens (primary N) is 1. The molecular formula is C12H9N7. The molecule has 0 saturated heterocycles. The van der Waals surface area contributed by atoms with Gasteiger partial charge in [-0.2, -0.15) is 5.10 Å². The van der Waals surface area contributed by atoms with Gasteiger partial charge in [0.1, 0.15) is 17.8 Å². The van der Waals surface area contributed by atoms with Crippen LogP contribution in [0.3, 0.4) is 0 Å². The second kappa shape index (κ2) is 3.52. The number of imidazole rings is 1. The fraction of sp³-hybridized carbons (Fsp3) is 0. The van der Waals surface area contributed by atoms with Gasteiger partial charge in [-0.3, -0.25) is 0 Å². The summed E-state index contributed by atoms with van der Waals surface area (Å²) >= 11 is 0. The first-order valence-corrected chi connectivity index (χ1v) is 5.71. The van der Waals surface area contributed by atoms with E-state index in [0.29, 0.717) is 11.5 Å². The third-order valence-electron chi connectivity index (χ3n) is 3.03. The Labute approximate surface area is 107 Å². The molecule has 4 rings (SSSR count). The molecule has 7 heteroatoms. The summed E-state index contributed by atoms with van der Waals surface area (Å²) < 4.78 is 1.72. The molecule has 4 aromatic rings. The van der Waals surface area contributed by atoms with Crippen molar-refractivity contribution >= 4 is 22.5 Å². The minimum absolute atomic E-state index is 0.439. The number of nitrogen functional groups attached to an aromatic ring is 1. The van der Waals surface area contributed by atoms with E-state index in [-0.39, 0.29) is 0 Å². The zero-order chi connectivity index (χ0) is 12.8. The van der Waals surface area contributed by atoms with E-state index in [4.69, 9.17) is 5.73 Å². The molecule has 0 aromatic carbocycles. The lowest BCUT2D eigenvalue weighted by atomic mass is 10.1. The molecule has 0 atom stereocenters. The van der Waals surface area contributed by atoms with E-state index in [9.17, 15) is 0 Å². The Kier molecular flexibility index (Phi) is 1.85. The van der Waals surface area contributed by atoms with Gasteiger partial charge >= 0.3 is 0 Å². The van der Waals surface area contributed by atoms with Crippen LogP contribution in [0.1, 0.15) is 0 Å². The van der Waals surface area contributed by atoms with Gasteiger partial charge in [-0.1, -0.05) is 0 Å². The lowest BCUT2D eigenvalue weighted by Gasteiger charge is -2.01. The average molecular weight is 251 g/mol. The van der Waals surface area contributed by atoms with Crippen LogP contribution in [0.15, 0.2) is 37.1 Å². The molecule has 0 fully saturated rings. The fourth-order valence-corrected chi connectivity index (χ4v) is 2.15. The normalized spacial score (nSPS) is 11.4. The number of hydrogen-bond acceptors (Lipinski definition) is 5. The maximum atomic E-state index is 5.91. The van der Waals surface area contributed by atoms with Crippen molar-refractivity contribution < 1.29 is 0 Å². The first-order chi connectivity index (χ1) is 9.33. The zero-order valence-electron chi connectivity index (χ0n) is 9.78. The molecule has 0 bridgehead atoms. The van der Waals surface area contributed by atoms with E-state index in [0.717, 1.165) is 22.3 Å². The summed E-state index contributed by atoms with van der Waals surface area (Å²) in [6.07, 6.45) is 6.78. The van der Waals surface area contributed by atoms with Gasteiger partial charge in [-0.05, 0) is 12.1 Å². The highest BCUT2D eigenvalue weighted by Gasteiger charge is 2.12. The van der Waals surface area contributed by atoms with Gasteiger partial charge in [0, 0.05) is 24.2 Å². The number of aromatic nitrogens is 6. The quantitative estimate of drug-likeness (QED) is 0.530. The Hall–Kier alpha value is -2.96. The highest BCUT2D eigenvalue weighted by atomic mass is 15.2.